The van der Waals surface area contributed by atoms with Gasteiger partial charge in [-0.15, -0.1) is 0 Å². The third-order valence-electron chi connectivity index (χ3n) is 2.38. The molecule has 0 amide bonds. The van der Waals surface area contributed by atoms with Crippen LogP contribution < -0.4 is 5.73 Å². The van der Waals surface area contributed by atoms with Gasteiger partial charge in [0.05, 0.1) is 0 Å². The molecule has 0 unspecified atom stereocenters. The lowest BCUT2D eigenvalue weighted by atomic mass is 10.2. The van der Waals surface area contributed by atoms with Crippen LogP contribution in [0.25, 0.3) is 0 Å². The smallest absolute Gasteiger partial charge is 0.171 e. The molecule has 2 rings (SSSR count). The molecule has 6 heteroatoms. The van der Waals surface area contributed by atoms with Crippen LogP contribution in [0.3, 0.4) is 0 Å². The molecule has 0 aliphatic rings. The maximum atomic E-state index is 13.6. The molecule has 0 spiro atoms. The van der Waals surface area contributed by atoms with Gasteiger partial charge < -0.3 is 10.9 Å². The summed E-state index contributed by atoms with van der Waals surface area (Å²) in [5.74, 6) is -0.394. The standard InChI is InChI=1S/C13H10ClFN2OS/c14-8-5-6-11(9(7-8)13(16)17-18)19-12-4-2-1-3-10(12)15/h1-7,18H,(H2,16,17). The van der Waals surface area contributed by atoms with Gasteiger partial charge in [-0.25, -0.2) is 4.39 Å². The van der Waals surface area contributed by atoms with E-state index in [0.717, 1.165) is 0 Å². The summed E-state index contributed by atoms with van der Waals surface area (Å²) in [6.07, 6.45) is 0. The second kappa shape index (κ2) is 5.95. The van der Waals surface area contributed by atoms with E-state index in [1.807, 2.05) is 0 Å². The third kappa shape index (κ3) is 3.19. The SMILES string of the molecule is N/C(=N/O)c1cc(Cl)ccc1Sc1ccccc1F. The summed E-state index contributed by atoms with van der Waals surface area (Å²) in [5, 5.41) is 12.2. The number of nitrogens with two attached hydrogens (primary N) is 1. The fourth-order valence-electron chi connectivity index (χ4n) is 1.49. The summed E-state index contributed by atoms with van der Waals surface area (Å²) >= 11 is 7.06. The van der Waals surface area contributed by atoms with Gasteiger partial charge in [0, 0.05) is 20.4 Å². The minimum absolute atomic E-state index is 0.0682. The average Bonchev–Trinajstić information content (AvgIpc) is 2.42. The van der Waals surface area contributed by atoms with E-state index in [1.165, 1.54) is 17.8 Å². The lowest BCUT2D eigenvalue weighted by Crippen LogP contribution is -2.14. The minimum Gasteiger partial charge on any atom is -0.409 e. The molecule has 0 aliphatic carbocycles. The first-order chi connectivity index (χ1) is 9.11. The average molecular weight is 297 g/mol. The zero-order valence-electron chi connectivity index (χ0n) is 9.68. The second-order valence-electron chi connectivity index (χ2n) is 3.66. The van der Waals surface area contributed by atoms with Crippen molar-refractivity contribution in [2.75, 3.05) is 0 Å². The van der Waals surface area contributed by atoms with E-state index in [1.54, 1.807) is 36.4 Å². The summed E-state index contributed by atoms with van der Waals surface area (Å²) in [6.45, 7) is 0. The van der Waals surface area contributed by atoms with Gasteiger partial charge >= 0.3 is 0 Å². The number of benzene rings is 2. The lowest BCUT2D eigenvalue weighted by molar-refractivity contribution is 0.318. The van der Waals surface area contributed by atoms with Crippen LogP contribution in [0.2, 0.25) is 5.02 Å². The molecule has 0 bridgehead atoms. The van der Waals surface area contributed by atoms with Gasteiger partial charge in [0.2, 0.25) is 0 Å². The van der Waals surface area contributed by atoms with Crippen molar-refractivity contribution in [3.8, 4) is 0 Å². The fraction of sp³-hybridized carbons (Fsp3) is 0. The summed E-state index contributed by atoms with van der Waals surface area (Å²) in [4.78, 5) is 1.11. The highest BCUT2D eigenvalue weighted by Gasteiger charge is 2.11. The van der Waals surface area contributed by atoms with Gasteiger partial charge in [0.1, 0.15) is 5.82 Å². The summed E-state index contributed by atoms with van der Waals surface area (Å²) < 4.78 is 13.6. The number of nitrogens with zero attached hydrogens (tertiary/aromatic N) is 1. The molecule has 0 fully saturated rings. The van der Waals surface area contributed by atoms with Crippen LogP contribution in [-0.2, 0) is 0 Å². The minimum atomic E-state index is -0.326. The number of halogens is 2. The lowest BCUT2D eigenvalue weighted by Gasteiger charge is -2.09. The molecule has 3 nitrogen and oxygen atoms in total. The van der Waals surface area contributed by atoms with E-state index < -0.39 is 0 Å². The van der Waals surface area contributed by atoms with E-state index in [4.69, 9.17) is 22.5 Å². The maximum Gasteiger partial charge on any atom is 0.171 e. The Morgan fingerprint density at radius 1 is 1.21 bits per heavy atom. The summed E-state index contributed by atoms with van der Waals surface area (Å²) in [5.41, 5.74) is 6.05. The molecule has 0 saturated carbocycles. The van der Waals surface area contributed by atoms with E-state index in [0.29, 0.717) is 20.4 Å². The maximum absolute atomic E-state index is 13.6. The number of hydrogen-bond acceptors (Lipinski definition) is 3. The van der Waals surface area contributed by atoms with E-state index in [2.05, 4.69) is 5.16 Å². The Bertz CT molecular complexity index is 634. The van der Waals surface area contributed by atoms with Crippen molar-refractivity contribution in [3.05, 3.63) is 58.9 Å². The summed E-state index contributed by atoms with van der Waals surface area (Å²) in [6, 6.07) is 11.3. The molecule has 2 aromatic rings. The van der Waals surface area contributed by atoms with Crippen LogP contribution in [0.4, 0.5) is 4.39 Å². The Labute approximate surface area is 118 Å². The van der Waals surface area contributed by atoms with Gasteiger partial charge in [0.25, 0.3) is 0 Å². The van der Waals surface area contributed by atoms with E-state index in [-0.39, 0.29) is 11.7 Å². The monoisotopic (exact) mass is 296 g/mol. The first kappa shape index (κ1) is 13.7. The van der Waals surface area contributed by atoms with Gasteiger partial charge in [-0.3, -0.25) is 0 Å². The first-order valence-electron chi connectivity index (χ1n) is 5.31. The highest BCUT2D eigenvalue weighted by atomic mass is 35.5. The second-order valence-corrected chi connectivity index (χ2v) is 5.18. The van der Waals surface area contributed by atoms with Crippen molar-refractivity contribution < 1.29 is 9.60 Å². The number of oxime groups is 1. The normalized spacial score (nSPS) is 11.6. The largest absolute Gasteiger partial charge is 0.409 e. The van der Waals surface area contributed by atoms with Gasteiger partial charge in [-0.05, 0) is 30.3 Å². The molecule has 0 aliphatic heterocycles. The fourth-order valence-corrected chi connectivity index (χ4v) is 2.62. The molecule has 0 aromatic heterocycles. The number of hydrogen-bond donors (Lipinski definition) is 2. The van der Waals surface area contributed by atoms with Crippen LogP contribution in [0.5, 0.6) is 0 Å². The van der Waals surface area contributed by atoms with Crippen LogP contribution in [0, 0.1) is 5.82 Å². The first-order valence-corrected chi connectivity index (χ1v) is 6.51. The van der Waals surface area contributed by atoms with Crippen LogP contribution in [0.1, 0.15) is 5.56 Å². The van der Waals surface area contributed by atoms with Crippen LogP contribution >= 0.6 is 23.4 Å². The molecular formula is C13H10ClFN2OS. The molecule has 0 heterocycles. The Kier molecular flexibility index (Phi) is 4.29. The van der Waals surface area contributed by atoms with Crippen LogP contribution in [0.15, 0.2) is 57.4 Å². The van der Waals surface area contributed by atoms with Crippen molar-refractivity contribution in [2.45, 2.75) is 9.79 Å². The Morgan fingerprint density at radius 3 is 2.63 bits per heavy atom. The molecule has 3 N–H and O–H groups in total. The Balaban J connectivity index is 2.43. The molecule has 2 aromatic carbocycles. The van der Waals surface area contributed by atoms with E-state index in [9.17, 15) is 4.39 Å². The van der Waals surface area contributed by atoms with Gasteiger partial charge in [-0.1, -0.05) is 40.7 Å². The Hall–Kier alpha value is -1.72. The van der Waals surface area contributed by atoms with Crippen molar-refractivity contribution in [2.24, 2.45) is 10.9 Å². The van der Waals surface area contributed by atoms with Crippen molar-refractivity contribution in [1.82, 2.24) is 0 Å². The Morgan fingerprint density at radius 2 is 1.95 bits per heavy atom. The highest BCUT2D eigenvalue weighted by molar-refractivity contribution is 7.99. The predicted octanol–water partition coefficient (Wildman–Crippen LogP) is 3.72. The zero-order valence-corrected chi connectivity index (χ0v) is 11.2. The van der Waals surface area contributed by atoms with Crippen LogP contribution in [-0.4, -0.2) is 11.0 Å². The third-order valence-corrected chi connectivity index (χ3v) is 3.74. The van der Waals surface area contributed by atoms with Gasteiger partial charge in [-0.2, -0.15) is 0 Å². The number of amidine groups is 1. The van der Waals surface area contributed by atoms with Crippen molar-refractivity contribution in [1.29, 1.82) is 0 Å². The molecule has 0 atom stereocenters. The predicted molar refractivity (Wildman–Crippen MR) is 74.5 cm³/mol. The van der Waals surface area contributed by atoms with Crippen molar-refractivity contribution >= 4 is 29.2 Å². The molecule has 19 heavy (non-hydrogen) atoms. The number of rotatable bonds is 3. The zero-order chi connectivity index (χ0) is 13.8. The highest BCUT2D eigenvalue weighted by Crippen LogP contribution is 2.33. The van der Waals surface area contributed by atoms with Gasteiger partial charge in [0.15, 0.2) is 5.84 Å². The molecule has 0 saturated heterocycles. The molecule has 98 valence electrons. The quantitative estimate of drug-likeness (QED) is 0.393. The molecule has 0 radical (unpaired) electrons. The van der Waals surface area contributed by atoms with Crippen molar-refractivity contribution in [3.63, 3.8) is 0 Å². The molecular weight excluding hydrogens is 287 g/mol. The van der Waals surface area contributed by atoms with E-state index >= 15 is 0 Å². The topological polar surface area (TPSA) is 58.6 Å². The summed E-state index contributed by atoms with van der Waals surface area (Å²) in [7, 11) is 0.